The Morgan fingerprint density at radius 2 is 1.78 bits per heavy atom. The van der Waals surface area contributed by atoms with E-state index in [1.54, 1.807) is 18.2 Å². The van der Waals surface area contributed by atoms with E-state index in [2.05, 4.69) is 6.92 Å². The molecule has 0 aliphatic heterocycles. The second-order valence-corrected chi connectivity index (χ2v) is 5.18. The molecule has 0 saturated heterocycles. The number of hydrogen-bond acceptors (Lipinski definition) is 4. The minimum absolute atomic E-state index is 0.380. The Bertz CT molecular complexity index is 623. The van der Waals surface area contributed by atoms with E-state index in [4.69, 9.17) is 14.2 Å². The van der Waals surface area contributed by atoms with E-state index in [0.717, 1.165) is 18.4 Å². The molecule has 122 valence electrons. The number of esters is 1. The van der Waals surface area contributed by atoms with Gasteiger partial charge in [-0.05, 0) is 24.1 Å². The lowest BCUT2D eigenvalue weighted by Gasteiger charge is -2.13. The molecule has 2 aromatic carbocycles. The summed E-state index contributed by atoms with van der Waals surface area (Å²) in [6.45, 7) is 4.53. The highest BCUT2D eigenvalue weighted by Gasteiger charge is 2.10. The Morgan fingerprint density at radius 3 is 2.48 bits per heavy atom. The van der Waals surface area contributed by atoms with Crippen LogP contribution in [0, 0.1) is 0 Å². The van der Waals surface area contributed by atoms with Crippen molar-refractivity contribution < 1.29 is 19.0 Å². The van der Waals surface area contributed by atoms with Crippen LogP contribution in [0.3, 0.4) is 0 Å². The molecule has 4 nitrogen and oxygen atoms in total. The van der Waals surface area contributed by atoms with E-state index in [-0.39, 0.29) is 5.97 Å². The first-order valence-electron chi connectivity index (χ1n) is 7.81. The molecule has 0 aliphatic carbocycles. The Balaban J connectivity index is 2.11. The van der Waals surface area contributed by atoms with Gasteiger partial charge in [-0.15, -0.1) is 0 Å². The Morgan fingerprint density at radius 1 is 1.00 bits per heavy atom. The average Bonchev–Trinajstić information content (AvgIpc) is 2.55. The Labute approximate surface area is 137 Å². The number of ether oxygens (including phenoxy) is 3. The van der Waals surface area contributed by atoms with E-state index in [1.165, 1.54) is 6.92 Å². The van der Waals surface area contributed by atoms with Crippen molar-refractivity contribution in [1.29, 1.82) is 0 Å². The number of unbranched alkanes of at least 4 members (excludes halogenated alkanes) is 1. The van der Waals surface area contributed by atoms with Gasteiger partial charge in [-0.3, -0.25) is 4.79 Å². The summed E-state index contributed by atoms with van der Waals surface area (Å²) in [5.41, 5.74) is 1.04. The smallest absolute Gasteiger partial charge is 0.308 e. The largest absolute Gasteiger partial charge is 0.493 e. The molecule has 2 rings (SSSR count). The summed E-state index contributed by atoms with van der Waals surface area (Å²) in [7, 11) is 0. The van der Waals surface area contributed by atoms with Gasteiger partial charge in [-0.2, -0.15) is 0 Å². The lowest BCUT2D eigenvalue weighted by atomic mass is 10.2. The predicted molar refractivity (Wildman–Crippen MR) is 88.9 cm³/mol. The second kappa shape index (κ2) is 8.83. The number of hydrogen-bond donors (Lipinski definition) is 0. The van der Waals surface area contributed by atoms with Gasteiger partial charge in [0.15, 0.2) is 11.5 Å². The summed E-state index contributed by atoms with van der Waals surface area (Å²) in [6, 6.07) is 15.1. The fraction of sp³-hybridized carbons (Fsp3) is 0.316. The number of carbonyl (C=O) groups is 1. The average molecular weight is 314 g/mol. The summed E-state index contributed by atoms with van der Waals surface area (Å²) in [6.07, 6.45) is 2.06. The van der Waals surface area contributed by atoms with Crippen LogP contribution >= 0.6 is 0 Å². The summed E-state index contributed by atoms with van der Waals surface area (Å²) in [4.78, 5) is 11.2. The Kier molecular flexibility index (Phi) is 6.48. The third-order valence-electron chi connectivity index (χ3n) is 3.17. The molecule has 0 aromatic heterocycles. The molecular weight excluding hydrogens is 292 g/mol. The lowest BCUT2D eigenvalue weighted by Crippen LogP contribution is -2.05. The summed E-state index contributed by atoms with van der Waals surface area (Å²) < 4.78 is 16.7. The van der Waals surface area contributed by atoms with Crippen molar-refractivity contribution in [3.8, 4) is 17.2 Å². The van der Waals surface area contributed by atoms with Crippen molar-refractivity contribution in [3.63, 3.8) is 0 Å². The fourth-order valence-corrected chi connectivity index (χ4v) is 2.00. The molecule has 0 N–H and O–H groups in total. The van der Waals surface area contributed by atoms with Gasteiger partial charge < -0.3 is 14.2 Å². The van der Waals surface area contributed by atoms with Gasteiger partial charge in [-0.1, -0.05) is 43.7 Å². The molecular formula is C19H22O4. The molecule has 23 heavy (non-hydrogen) atoms. The fourth-order valence-electron chi connectivity index (χ4n) is 2.00. The number of carbonyl (C=O) groups excluding carboxylic acids is 1. The van der Waals surface area contributed by atoms with E-state index in [0.29, 0.717) is 30.5 Å². The molecule has 0 bridgehead atoms. The molecule has 0 radical (unpaired) electrons. The van der Waals surface area contributed by atoms with Crippen LogP contribution in [0.5, 0.6) is 17.2 Å². The number of benzene rings is 2. The highest BCUT2D eigenvalue weighted by atomic mass is 16.6. The van der Waals surface area contributed by atoms with Gasteiger partial charge in [0.1, 0.15) is 12.4 Å². The van der Waals surface area contributed by atoms with Gasteiger partial charge in [-0.25, -0.2) is 0 Å². The molecule has 0 aliphatic rings. The summed E-state index contributed by atoms with van der Waals surface area (Å²) in [5.74, 6) is 1.22. The molecule has 0 amide bonds. The molecule has 0 spiro atoms. The zero-order chi connectivity index (χ0) is 16.5. The highest BCUT2D eigenvalue weighted by Crippen LogP contribution is 2.32. The minimum atomic E-state index is -0.380. The second-order valence-electron chi connectivity index (χ2n) is 5.18. The van der Waals surface area contributed by atoms with Crippen LogP contribution in [0.2, 0.25) is 0 Å². The van der Waals surface area contributed by atoms with E-state index in [9.17, 15) is 4.79 Å². The molecule has 0 saturated carbocycles. The normalized spacial score (nSPS) is 10.2. The van der Waals surface area contributed by atoms with Crippen LogP contribution in [-0.2, 0) is 11.4 Å². The predicted octanol–water partition coefficient (Wildman–Crippen LogP) is 4.37. The standard InChI is InChI=1S/C19H22O4/c1-3-4-12-21-17-10-11-18(23-15(2)20)19(13-17)22-14-16-8-6-5-7-9-16/h5-11,13H,3-4,12,14H2,1-2H3. The van der Waals surface area contributed by atoms with Crippen molar-refractivity contribution >= 4 is 5.97 Å². The van der Waals surface area contributed by atoms with Crippen LogP contribution < -0.4 is 14.2 Å². The van der Waals surface area contributed by atoms with Crippen molar-refractivity contribution in [2.75, 3.05) is 6.61 Å². The maximum absolute atomic E-state index is 11.2. The quantitative estimate of drug-likeness (QED) is 0.412. The summed E-state index contributed by atoms with van der Waals surface area (Å²) >= 11 is 0. The van der Waals surface area contributed by atoms with Crippen LogP contribution in [0.15, 0.2) is 48.5 Å². The Hall–Kier alpha value is -2.49. The SMILES string of the molecule is CCCCOc1ccc(OC(C)=O)c(OCc2ccccc2)c1. The lowest BCUT2D eigenvalue weighted by molar-refractivity contribution is -0.132. The van der Waals surface area contributed by atoms with Crippen molar-refractivity contribution in [1.82, 2.24) is 0 Å². The van der Waals surface area contributed by atoms with E-state index in [1.807, 2.05) is 30.3 Å². The molecule has 0 fully saturated rings. The van der Waals surface area contributed by atoms with Gasteiger partial charge in [0.05, 0.1) is 6.61 Å². The van der Waals surface area contributed by atoms with Crippen molar-refractivity contribution in [2.45, 2.75) is 33.3 Å². The van der Waals surface area contributed by atoms with Crippen LogP contribution in [0.1, 0.15) is 32.3 Å². The topological polar surface area (TPSA) is 44.8 Å². The van der Waals surface area contributed by atoms with Crippen molar-refractivity contribution in [2.24, 2.45) is 0 Å². The van der Waals surface area contributed by atoms with Crippen LogP contribution in [0.4, 0.5) is 0 Å². The van der Waals surface area contributed by atoms with Crippen LogP contribution in [0.25, 0.3) is 0 Å². The van der Waals surface area contributed by atoms with Gasteiger partial charge in [0.25, 0.3) is 0 Å². The van der Waals surface area contributed by atoms with Crippen molar-refractivity contribution in [3.05, 3.63) is 54.1 Å². The first-order valence-corrected chi connectivity index (χ1v) is 7.81. The van der Waals surface area contributed by atoms with Gasteiger partial charge >= 0.3 is 5.97 Å². The molecule has 2 aromatic rings. The summed E-state index contributed by atoms with van der Waals surface area (Å²) in [5, 5.41) is 0. The van der Waals surface area contributed by atoms with Gasteiger partial charge in [0.2, 0.25) is 0 Å². The molecule has 4 heteroatoms. The van der Waals surface area contributed by atoms with E-state index >= 15 is 0 Å². The maximum atomic E-state index is 11.2. The highest BCUT2D eigenvalue weighted by molar-refractivity contribution is 5.70. The molecule has 0 unspecified atom stereocenters. The maximum Gasteiger partial charge on any atom is 0.308 e. The zero-order valence-corrected chi connectivity index (χ0v) is 13.6. The molecule has 0 heterocycles. The van der Waals surface area contributed by atoms with Crippen LogP contribution in [-0.4, -0.2) is 12.6 Å². The number of rotatable bonds is 8. The third-order valence-corrected chi connectivity index (χ3v) is 3.17. The van der Waals surface area contributed by atoms with Gasteiger partial charge in [0, 0.05) is 13.0 Å². The minimum Gasteiger partial charge on any atom is -0.493 e. The monoisotopic (exact) mass is 314 g/mol. The first kappa shape index (κ1) is 16.9. The third kappa shape index (κ3) is 5.66. The zero-order valence-electron chi connectivity index (χ0n) is 13.6. The molecule has 0 atom stereocenters. The van der Waals surface area contributed by atoms with E-state index < -0.39 is 0 Å². The first-order chi connectivity index (χ1) is 11.2.